The zero-order valence-corrected chi connectivity index (χ0v) is 17.2. The monoisotopic (exact) mass is 413 g/mol. The summed E-state index contributed by atoms with van der Waals surface area (Å²) in [6.45, 7) is 5.11. The maximum Gasteiger partial charge on any atom is 0.266 e. The molecule has 0 saturated heterocycles. The standard InChI is InChI=1S/C20H23N5O3S/c1-3-5-17-19(29-24-22-17)20(27)21-12-13-25-18(26)11-10-16(23-25)14-6-8-15(9-7-14)28-4-2/h6-11H,3-5,12-13H2,1-2H3,(H,21,27). The molecule has 0 aliphatic heterocycles. The molecule has 9 heteroatoms. The third kappa shape index (κ3) is 5.26. The highest BCUT2D eigenvalue weighted by Gasteiger charge is 2.15. The van der Waals surface area contributed by atoms with E-state index in [1.165, 1.54) is 10.7 Å². The van der Waals surface area contributed by atoms with E-state index in [9.17, 15) is 9.59 Å². The van der Waals surface area contributed by atoms with Gasteiger partial charge in [0.1, 0.15) is 10.6 Å². The molecule has 0 unspecified atom stereocenters. The third-order valence-corrected chi connectivity index (χ3v) is 4.95. The van der Waals surface area contributed by atoms with Crippen LogP contribution in [0.25, 0.3) is 11.3 Å². The molecule has 0 radical (unpaired) electrons. The highest BCUT2D eigenvalue weighted by molar-refractivity contribution is 7.08. The van der Waals surface area contributed by atoms with Crippen molar-refractivity contribution in [2.45, 2.75) is 33.2 Å². The van der Waals surface area contributed by atoms with E-state index >= 15 is 0 Å². The van der Waals surface area contributed by atoms with Gasteiger partial charge in [0.15, 0.2) is 0 Å². The summed E-state index contributed by atoms with van der Waals surface area (Å²) in [6.07, 6.45) is 1.60. The summed E-state index contributed by atoms with van der Waals surface area (Å²) in [5.74, 6) is 0.562. The van der Waals surface area contributed by atoms with E-state index in [2.05, 4.69) is 20.0 Å². The molecule has 0 saturated carbocycles. The number of benzene rings is 1. The second-order valence-corrected chi connectivity index (χ2v) is 7.05. The lowest BCUT2D eigenvalue weighted by Crippen LogP contribution is -2.32. The molecule has 1 N–H and O–H groups in total. The van der Waals surface area contributed by atoms with Crippen molar-refractivity contribution in [3.8, 4) is 17.0 Å². The third-order valence-electron chi connectivity index (χ3n) is 4.19. The van der Waals surface area contributed by atoms with Crippen LogP contribution in [-0.4, -0.2) is 38.4 Å². The predicted octanol–water partition coefficient (Wildman–Crippen LogP) is 2.54. The summed E-state index contributed by atoms with van der Waals surface area (Å²) >= 11 is 1.08. The van der Waals surface area contributed by atoms with Crippen LogP contribution in [0, 0.1) is 0 Å². The SMILES string of the molecule is CCCc1nnsc1C(=O)NCCn1nc(-c2ccc(OCC)cc2)ccc1=O. The van der Waals surface area contributed by atoms with Gasteiger partial charge in [-0.3, -0.25) is 9.59 Å². The van der Waals surface area contributed by atoms with Crippen LogP contribution < -0.4 is 15.6 Å². The average molecular weight is 414 g/mol. The molecule has 152 valence electrons. The van der Waals surface area contributed by atoms with Gasteiger partial charge in [-0.1, -0.05) is 17.8 Å². The van der Waals surface area contributed by atoms with Crippen LogP contribution >= 0.6 is 11.5 Å². The topological polar surface area (TPSA) is 99.0 Å². The minimum atomic E-state index is -0.223. The number of rotatable bonds is 9. The summed E-state index contributed by atoms with van der Waals surface area (Å²) in [7, 11) is 0. The number of nitrogens with one attached hydrogen (secondary N) is 1. The summed E-state index contributed by atoms with van der Waals surface area (Å²) in [6, 6.07) is 10.7. The summed E-state index contributed by atoms with van der Waals surface area (Å²) in [5, 5.41) is 11.2. The van der Waals surface area contributed by atoms with E-state index in [1.807, 2.05) is 38.1 Å². The van der Waals surface area contributed by atoms with Gasteiger partial charge in [-0.2, -0.15) is 5.10 Å². The molecule has 2 aromatic heterocycles. The fraction of sp³-hybridized carbons (Fsp3) is 0.350. The predicted molar refractivity (Wildman–Crippen MR) is 111 cm³/mol. The van der Waals surface area contributed by atoms with Gasteiger partial charge in [0, 0.05) is 18.2 Å². The van der Waals surface area contributed by atoms with Crippen molar-refractivity contribution in [2.24, 2.45) is 0 Å². The van der Waals surface area contributed by atoms with Crippen LogP contribution in [0.1, 0.15) is 35.6 Å². The minimum Gasteiger partial charge on any atom is -0.494 e. The lowest BCUT2D eigenvalue weighted by atomic mass is 10.1. The van der Waals surface area contributed by atoms with E-state index in [0.717, 1.165) is 29.3 Å². The number of aryl methyl sites for hydroxylation is 1. The number of carbonyl (C=O) groups is 1. The number of carbonyl (C=O) groups excluding carboxylic acids is 1. The van der Waals surface area contributed by atoms with E-state index in [4.69, 9.17) is 4.74 Å². The van der Waals surface area contributed by atoms with Gasteiger partial charge in [0.05, 0.1) is 24.5 Å². The fourth-order valence-electron chi connectivity index (χ4n) is 2.79. The molecule has 1 aromatic carbocycles. The van der Waals surface area contributed by atoms with Gasteiger partial charge in [0.2, 0.25) is 0 Å². The Morgan fingerprint density at radius 2 is 1.97 bits per heavy atom. The van der Waals surface area contributed by atoms with Gasteiger partial charge in [-0.15, -0.1) is 5.10 Å². The maximum atomic E-state index is 12.3. The van der Waals surface area contributed by atoms with Crippen molar-refractivity contribution >= 4 is 17.4 Å². The summed E-state index contributed by atoms with van der Waals surface area (Å²) in [4.78, 5) is 25.0. The maximum absolute atomic E-state index is 12.3. The minimum absolute atomic E-state index is 0.222. The molecule has 0 fully saturated rings. The molecule has 0 spiro atoms. The van der Waals surface area contributed by atoms with Crippen LogP contribution in [0.15, 0.2) is 41.2 Å². The first-order chi connectivity index (χ1) is 14.1. The molecule has 0 aliphatic carbocycles. The second-order valence-electron chi connectivity index (χ2n) is 6.29. The van der Waals surface area contributed by atoms with Crippen molar-refractivity contribution in [3.63, 3.8) is 0 Å². The largest absolute Gasteiger partial charge is 0.494 e. The number of amides is 1. The van der Waals surface area contributed by atoms with Crippen LogP contribution in [0.5, 0.6) is 5.75 Å². The summed E-state index contributed by atoms with van der Waals surface area (Å²) < 4.78 is 10.7. The van der Waals surface area contributed by atoms with Crippen LogP contribution in [-0.2, 0) is 13.0 Å². The summed E-state index contributed by atoms with van der Waals surface area (Å²) in [5.41, 5.74) is 2.05. The Labute approximate surface area is 172 Å². The van der Waals surface area contributed by atoms with E-state index < -0.39 is 0 Å². The van der Waals surface area contributed by atoms with Crippen molar-refractivity contribution in [1.82, 2.24) is 24.7 Å². The Morgan fingerprint density at radius 3 is 2.69 bits per heavy atom. The van der Waals surface area contributed by atoms with E-state index in [1.54, 1.807) is 6.07 Å². The lowest BCUT2D eigenvalue weighted by Gasteiger charge is -2.09. The number of hydrogen-bond acceptors (Lipinski definition) is 7. The Morgan fingerprint density at radius 1 is 1.17 bits per heavy atom. The van der Waals surface area contributed by atoms with Crippen LogP contribution in [0.2, 0.25) is 0 Å². The number of aromatic nitrogens is 4. The zero-order valence-electron chi connectivity index (χ0n) is 16.4. The molecule has 0 bridgehead atoms. The Kier molecular flexibility index (Phi) is 7.07. The van der Waals surface area contributed by atoms with Crippen LogP contribution in [0.4, 0.5) is 0 Å². The smallest absolute Gasteiger partial charge is 0.266 e. The molecular weight excluding hydrogens is 390 g/mol. The van der Waals surface area contributed by atoms with Gasteiger partial charge in [0.25, 0.3) is 11.5 Å². The highest BCUT2D eigenvalue weighted by atomic mass is 32.1. The molecule has 29 heavy (non-hydrogen) atoms. The molecule has 0 aliphatic rings. The Bertz CT molecular complexity index is 1010. The van der Waals surface area contributed by atoms with Crippen molar-refractivity contribution in [1.29, 1.82) is 0 Å². The first kappa shape index (κ1) is 20.7. The quantitative estimate of drug-likeness (QED) is 0.579. The molecule has 1 amide bonds. The first-order valence-electron chi connectivity index (χ1n) is 9.53. The van der Waals surface area contributed by atoms with Crippen molar-refractivity contribution in [3.05, 3.63) is 57.3 Å². The second kappa shape index (κ2) is 9.92. The highest BCUT2D eigenvalue weighted by Crippen LogP contribution is 2.19. The molecule has 2 heterocycles. The number of hydrogen-bond donors (Lipinski definition) is 1. The fourth-order valence-corrected chi connectivity index (χ4v) is 3.41. The molecule has 0 atom stereocenters. The number of nitrogens with zero attached hydrogens (tertiary/aromatic N) is 4. The van der Waals surface area contributed by atoms with Crippen molar-refractivity contribution < 1.29 is 9.53 Å². The molecule has 3 rings (SSSR count). The van der Waals surface area contributed by atoms with Crippen molar-refractivity contribution in [2.75, 3.05) is 13.2 Å². The molecular formula is C20H23N5O3S. The zero-order chi connectivity index (χ0) is 20.6. The molecule has 3 aromatic rings. The van der Waals surface area contributed by atoms with Gasteiger partial charge in [-0.25, -0.2) is 4.68 Å². The van der Waals surface area contributed by atoms with E-state index in [-0.39, 0.29) is 24.6 Å². The normalized spacial score (nSPS) is 10.7. The Balaban J connectivity index is 1.65. The Hall–Kier alpha value is -3.07. The molecule has 8 nitrogen and oxygen atoms in total. The average Bonchev–Trinajstić information content (AvgIpc) is 3.19. The first-order valence-corrected chi connectivity index (χ1v) is 10.3. The lowest BCUT2D eigenvalue weighted by molar-refractivity contribution is 0.0954. The van der Waals surface area contributed by atoms with Gasteiger partial charge >= 0.3 is 0 Å². The van der Waals surface area contributed by atoms with Gasteiger partial charge < -0.3 is 10.1 Å². The number of ether oxygens (including phenoxy) is 1. The van der Waals surface area contributed by atoms with Crippen LogP contribution in [0.3, 0.4) is 0 Å². The van der Waals surface area contributed by atoms with E-state index in [0.29, 0.717) is 29.3 Å². The van der Waals surface area contributed by atoms with Gasteiger partial charge in [-0.05, 0) is 55.2 Å².